The van der Waals surface area contributed by atoms with Crippen molar-refractivity contribution in [3.63, 3.8) is 0 Å². The highest BCUT2D eigenvalue weighted by Gasteiger charge is 2.41. The Morgan fingerprint density at radius 2 is 2.00 bits per heavy atom. The van der Waals surface area contributed by atoms with Gasteiger partial charge in [-0.2, -0.15) is 0 Å². The Morgan fingerprint density at radius 3 is 2.93 bits per heavy atom. The highest BCUT2D eigenvalue weighted by molar-refractivity contribution is 5.37. The van der Waals surface area contributed by atoms with E-state index in [2.05, 4.69) is 31.2 Å². The average molecular weight is 200 g/mol. The first-order valence-electron chi connectivity index (χ1n) is 6.39. The van der Waals surface area contributed by atoms with Crippen molar-refractivity contribution >= 4 is 0 Å². The predicted molar refractivity (Wildman–Crippen MR) is 64.1 cm³/mol. The Labute approximate surface area is 92.7 Å². The predicted octanol–water partition coefficient (Wildman–Crippen LogP) is 4.08. The van der Waals surface area contributed by atoms with Gasteiger partial charge >= 0.3 is 0 Å². The van der Waals surface area contributed by atoms with E-state index in [1.54, 1.807) is 11.1 Å². The third-order valence-corrected chi connectivity index (χ3v) is 4.79. The van der Waals surface area contributed by atoms with E-state index >= 15 is 0 Å². The highest BCUT2D eigenvalue weighted by Crippen LogP contribution is 2.49. The lowest BCUT2D eigenvalue weighted by Crippen LogP contribution is -2.39. The molecule has 1 aromatic rings. The molecular weight excluding hydrogens is 180 g/mol. The van der Waals surface area contributed by atoms with Gasteiger partial charge in [-0.05, 0) is 48.1 Å². The van der Waals surface area contributed by atoms with Gasteiger partial charge in [0.1, 0.15) is 0 Å². The summed E-state index contributed by atoms with van der Waals surface area (Å²) in [7, 11) is 0. The number of hydrogen-bond acceptors (Lipinski definition) is 0. The number of hydrogen-bond donors (Lipinski definition) is 0. The minimum Gasteiger partial charge on any atom is -0.0620 e. The summed E-state index contributed by atoms with van der Waals surface area (Å²) in [4.78, 5) is 0. The van der Waals surface area contributed by atoms with E-state index in [0.717, 1.165) is 5.92 Å². The highest BCUT2D eigenvalue weighted by atomic mass is 14.4. The summed E-state index contributed by atoms with van der Waals surface area (Å²) in [6, 6.07) is 9.14. The van der Waals surface area contributed by atoms with Gasteiger partial charge in [0.25, 0.3) is 0 Å². The molecule has 0 aliphatic heterocycles. The van der Waals surface area contributed by atoms with Crippen molar-refractivity contribution in [2.45, 2.75) is 50.9 Å². The van der Waals surface area contributed by atoms with Gasteiger partial charge in [-0.15, -0.1) is 0 Å². The summed E-state index contributed by atoms with van der Waals surface area (Å²) >= 11 is 0. The number of rotatable bonds is 0. The molecule has 0 nitrogen and oxygen atoms in total. The van der Waals surface area contributed by atoms with Crippen LogP contribution in [0.4, 0.5) is 0 Å². The van der Waals surface area contributed by atoms with Gasteiger partial charge in [0.05, 0.1) is 0 Å². The van der Waals surface area contributed by atoms with Crippen LogP contribution in [0.3, 0.4) is 0 Å². The van der Waals surface area contributed by atoms with Gasteiger partial charge in [-0.3, -0.25) is 0 Å². The molecular formula is C15H20. The van der Waals surface area contributed by atoms with E-state index in [4.69, 9.17) is 0 Å². The van der Waals surface area contributed by atoms with Crippen LogP contribution in [0.15, 0.2) is 24.3 Å². The molecule has 0 radical (unpaired) electrons. The second kappa shape index (κ2) is 3.37. The molecule has 0 heterocycles. The molecule has 0 bridgehead atoms. The fraction of sp³-hybridized carbons (Fsp3) is 0.600. The van der Waals surface area contributed by atoms with Crippen molar-refractivity contribution in [1.29, 1.82) is 0 Å². The van der Waals surface area contributed by atoms with E-state index in [9.17, 15) is 0 Å². The molecule has 0 heteroatoms. The Morgan fingerprint density at radius 1 is 1.13 bits per heavy atom. The van der Waals surface area contributed by atoms with Gasteiger partial charge in [-0.1, -0.05) is 44.0 Å². The summed E-state index contributed by atoms with van der Waals surface area (Å²) < 4.78 is 0. The number of aryl methyl sites for hydroxylation is 1. The molecule has 0 spiro atoms. The lowest BCUT2D eigenvalue weighted by atomic mass is 9.58. The van der Waals surface area contributed by atoms with E-state index in [1.807, 2.05) is 0 Å². The second-order valence-corrected chi connectivity index (χ2v) is 5.56. The SMILES string of the molecule is C[C@@]12CCCC[C@H]1CCc1ccccc12. The maximum absolute atomic E-state index is 2.51. The molecule has 0 unspecified atom stereocenters. The summed E-state index contributed by atoms with van der Waals surface area (Å²) in [6.45, 7) is 2.51. The molecule has 1 fully saturated rings. The van der Waals surface area contributed by atoms with Crippen LogP contribution in [-0.4, -0.2) is 0 Å². The normalized spacial score (nSPS) is 34.3. The fourth-order valence-corrected chi connectivity index (χ4v) is 3.85. The maximum Gasteiger partial charge on any atom is -0.00442 e. The fourth-order valence-electron chi connectivity index (χ4n) is 3.85. The first-order valence-corrected chi connectivity index (χ1v) is 6.39. The Kier molecular flexibility index (Phi) is 2.12. The minimum atomic E-state index is 0.507. The number of benzene rings is 1. The van der Waals surface area contributed by atoms with E-state index in [-0.39, 0.29) is 0 Å². The second-order valence-electron chi connectivity index (χ2n) is 5.56. The lowest BCUT2D eigenvalue weighted by Gasteiger charge is -2.46. The molecule has 0 aromatic heterocycles. The van der Waals surface area contributed by atoms with Gasteiger partial charge in [0.2, 0.25) is 0 Å². The van der Waals surface area contributed by atoms with Gasteiger partial charge in [0, 0.05) is 0 Å². The summed E-state index contributed by atoms with van der Waals surface area (Å²) in [6.07, 6.45) is 8.51. The molecule has 1 aromatic carbocycles. The molecule has 3 rings (SSSR count). The molecule has 80 valence electrons. The van der Waals surface area contributed by atoms with Crippen LogP contribution in [0.1, 0.15) is 50.2 Å². The van der Waals surface area contributed by atoms with E-state index < -0.39 is 0 Å². The summed E-state index contributed by atoms with van der Waals surface area (Å²) in [5.41, 5.74) is 3.80. The van der Waals surface area contributed by atoms with Crippen LogP contribution in [0.2, 0.25) is 0 Å². The Bertz CT molecular complexity index is 366. The maximum atomic E-state index is 2.51. The molecule has 2 aliphatic carbocycles. The van der Waals surface area contributed by atoms with E-state index in [0.29, 0.717) is 5.41 Å². The zero-order valence-corrected chi connectivity index (χ0v) is 9.63. The van der Waals surface area contributed by atoms with Crippen LogP contribution in [0.25, 0.3) is 0 Å². The average Bonchev–Trinajstić information content (AvgIpc) is 2.29. The van der Waals surface area contributed by atoms with E-state index in [1.165, 1.54) is 38.5 Å². The van der Waals surface area contributed by atoms with Gasteiger partial charge in [0.15, 0.2) is 0 Å². The number of fused-ring (bicyclic) bond motifs is 3. The largest absolute Gasteiger partial charge is 0.0620 e. The molecule has 15 heavy (non-hydrogen) atoms. The van der Waals surface area contributed by atoms with Crippen molar-refractivity contribution in [1.82, 2.24) is 0 Å². The molecule has 0 amide bonds. The molecule has 0 saturated heterocycles. The van der Waals surface area contributed by atoms with Crippen LogP contribution in [0, 0.1) is 5.92 Å². The Balaban J connectivity index is 2.09. The Hall–Kier alpha value is -0.780. The molecule has 1 saturated carbocycles. The third-order valence-electron chi connectivity index (χ3n) is 4.79. The van der Waals surface area contributed by atoms with Crippen molar-refractivity contribution in [3.05, 3.63) is 35.4 Å². The van der Waals surface area contributed by atoms with Crippen molar-refractivity contribution in [3.8, 4) is 0 Å². The lowest BCUT2D eigenvalue weighted by molar-refractivity contribution is 0.178. The quantitative estimate of drug-likeness (QED) is 0.592. The van der Waals surface area contributed by atoms with Crippen molar-refractivity contribution in [2.24, 2.45) is 5.92 Å². The topological polar surface area (TPSA) is 0 Å². The smallest absolute Gasteiger partial charge is 0.00442 e. The zero-order valence-electron chi connectivity index (χ0n) is 9.63. The molecule has 0 N–H and O–H groups in total. The summed E-state index contributed by atoms with van der Waals surface area (Å²) in [5, 5.41) is 0. The zero-order chi connectivity index (χ0) is 10.3. The third kappa shape index (κ3) is 1.34. The van der Waals surface area contributed by atoms with Crippen LogP contribution >= 0.6 is 0 Å². The van der Waals surface area contributed by atoms with Crippen LogP contribution < -0.4 is 0 Å². The molecule has 2 aliphatic rings. The van der Waals surface area contributed by atoms with Gasteiger partial charge < -0.3 is 0 Å². The van der Waals surface area contributed by atoms with Crippen LogP contribution in [0.5, 0.6) is 0 Å². The standard InChI is InChI=1S/C15H20/c1-15-11-5-4-7-13(15)10-9-12-6-2-3-8-14(12)15/h2-3,6,8,13H,4-5,7,9-11H2,1H3/t13-,15+/m0/s1. The first kappa shape index (κ1) is 9.45. The van der Waals surface area contributed by atoms with Crippen molar-refractivity contribution in [2.75, 3.05) is 0 Å². The van der Waals surface area contributed by atoms with Crippen molar-refractivity contribution < 1.29 is 0 Å². The van der Waals surface area contributed by atoms with Crippen LogP contribution in [-0.2, 0) is 11.8 Å². The molecule has 2 atom stereocenters. The van der Waals surface area contributed by atoms with Gasteiger partial charge in [-0.25, -0.2) is 0 Å². The summed E-state index contributed by atoms with van der Waals surface area (Å²) in [5.74, 6) is 0.959. The first-order chi connectivity index (χ1) is 7.31. The monoisotopic (exact) mass is 200 g/mol. The minimum absolute atomic E-state index is 0.507.